The van der Waals surface area contributed by atoms with Crippen LogP contribution in [0.4, 0.5) is 5.69 Å². The first-order valence-electron chi connectivity index (χ1n) is 10.3. The number of methoxy groups -OCH3 is 2. The summed E-state index contributed by atoms with van der Waals surface area (Å²) in [4.78, 5) is 9.84. The van der Waals surface area contributed by atoms with E-state index in [-0.39, 0.29) is 0 Å². The van der Waals surface area contributed by atoms with Gasteiger partial charge >= 0.3 is 0 Å². The van der Waals surface area contributed by atoms with Gasteiger partial charge in [-0.15, -0.1) is 0 Å². The lowest BCUT2D eigenvalue weighted by molar-refractivity contribution is 0.177. The number of likely N-dealkylation sites (tertiary alicyclic amines) is 1. The van der Waals surface area contributed by atoms with Gasteiger partial charge in [0.25, 0.3) is 0 Å². The third-order valence-corrected chi connectivity index (χ3v) is 6.13. The van der Waals surface area contributed by atoms with Crippen LogP contribution in [0.25, 0.3) is 10.9 Å². The average molecular weight is 385 g/mol. The number of piperidine rings is 1. The number of benzene rings is 1. The number of anilines is 1. The topological polar surface area (TPSA) is 49.9 Å². The molecule has 1 fully saturated rings. The molecule has 0 amide bonds. The minimum Gasteiger partial charge on any atom is -0.493 e. The van der Waals surface area contributed by atoms with E-state index >= 15 is 0 Å². The molecule has 1 saturated heterocycles. The van der Waals surface area contributed by atoms with E-state index in [1.165, 1.54) is 29.8 Å². The molecule has 0 spiro atoms. The average Bonchev–Trinajstić information content (AvgIpc) is 3.07. The SMILES string of the molecule is COc1cc2nc3c(c(NC4CCN(C(C)C)CC4)c2cc1OC)CN(C)C3. The standard InChI is InChI=1S/C22H32N4O2/c1-14(2)26-8-6-15(7-9-26)23-22-16-10-20(27-4)21(28-5)11-18(16)24-19-13-25(3)12-17(19)22/h10-11,14-15H,6-9,12-13H2,1-5H3,(H,23,24). The van der Waals surface area contributed by atoms with Crippen molar-refractivity contribution in [3.63, 3.8) is 0 Å². The molecule has 2 aromatic rings. The van der Waals surface area contributed by atoms with Gasteiger partial charge in [0, 0.05) is 55.3 Å². The summed E-state index contributed by atoms with van der Waals surface area (Å²) in [5, 5.41) is 5.03. The van der Waals surface area contributed by atoms with Gasteiger partial charge in [-0.25, -0.2) is 0 Å². The van der Waals surface area contributed by atoms with Gasteiger partial charge in [-0.1, -0.05) is 0 Å². The summed E-state index contributed by atoms with van der Waals surface area (Å²) in [7, 11) is 5.51. The molecule has 1 aromatic heterocycles. The van der Waals surface area contributed by atoms with Crippen molar-refractivity contribution in [2.24, 2.45) is 0 Å². The quantitative estimate of drug-likeness (QED) is 0.852. The Balaban J connectivity index is 1.72. The van der Waals surface area contributed by atoms with Crippen molar-refractivity contribution in [2.45, 2.75) is 51.9 Å². The van der Waals surface area contributed by atoms with Crippen LogP contribution in [0.5, 0.6) is 11.5 Å². The summed E-state index contributed by atoms with van der Waals surface area (Å²) >= 11 is 0. The Morgan fingerprint density at radius 3 is 2.39 bits per heavy atom. The maximum atomic E-state index is 5.57. The zero-order valence-corrected chi connectivity index (χ0v) is 17.7. The molecule has 4 rings (SSSR count). The van der Waals surface area contributed by atoms with Gasteiger partial charge in [0.05, 0.1) is 31.1 Å². The van der Waals surface area contributed by atoms with Crippen molar-refractivity contribution in [2.75, 3.05) is 39.7 Å². The van der Waals surface area contributed by atoms with Crippen LogP contribution in [0, 0.1) is 0 Å². The predicted octanol–water partition coefficient (Wildman–Crippen LogP) is 3.48. The second-order valence-electron chi connectivity index (χ2n) is 8.36. The molecular weight excluding hydrogens is 352 g/mol. The lowest BCUT2D eigenvalue weighted by Gasteiger charge is -2.35. The minimum atomic E-state index is 0.490. The normalized spacial score (nSPS) is 18.6. The molecule has 2 aliphatic rings. The smallest absolute Gasteiger partial charge is 0.162 e. The fraction of sp³-hybridized carbons (Fsp3) is 0.591. The number of hydrogen-bond donors (Lipinski definition) is 1. The van der Waals surface area contributed by atoms with Gasteiger partial charge in [0.1, 0.15) is 0 Å². The molecule has 1 aromatic carbocycles. The minimum absolute atomic E-state index is 0.490. The number of pyridine rings is 1. The van der Waals surface area contributed by atoms with E-state index in [1.54, 1.807) is 14.2 Å². The van der Waals surface area contributed by atoms with Crippen LogP contribution in [-0.2, 0) is 13.1 Å². The van der Waals surface area contributed by atoms with E-state index in [0.717, 1.165) is 48.6 Å². The van der Waals surface area contributed by atoms with E-state index in [9.17, 15) is 0 Å². The van der Waals surface area contributed by atoms with Gasteiger partial charge in [-0.2, -0.15) is 0 Å². The molecule has 0 atom stereocenters. The maximum Gasteiger partial charge on any atom is 0.162 e. The van der Waals surface area contributed by atoms with Crippen LogP contribution in [0.2, 0.25) is 0 Å². The first kappa shape index (κ1) is 19.3. The lowest BCUT2D eigenvalue weighted by atomic mass is 10.0. The highest BCUT2D eigenvalue weighted by atomic mass is 16.5. The number of ether oxygens (including phenoxy) is 2. The molecule has 0 aliphatic carbocycles. The molecule has 0 radical (unpaired) electrons. The lowest BCUT2D eigenvalue weighted by Crippen LogP contribution is -2.42. The molecular formula is C22H32N4O2. The van der Waals surface area contributed by atoms with E-state index in [4.69, 9.17) is 14.5 Å². The van der Waals surface area contributed by atoms with Gasteiger partial charge in [0.2, 0.25) is 0 Å². The highest BCUT2D eigenvalue weighted by Crippen LogP contribution is 2.40. The second kappa shape index (κ2) is 7.76. The predicted molar refractivity (Wildman–Crippen MR) is 113 cm³/mol. The summed E-state index contributed by atoms with van der Waals surface area (Å²) in [6.07, 6.45) is 2.33. The van der Waals surface area contributed by atoms with Crippen molar-refractivity contribution >= 4 is 16.6 Å². The van der Waals surface area contributed by atoms with E-state index in [0.29, 0.717) is 12.1 Å². The molecule has 152 valence electrons. The summed E-state index contributed by atoms with van der Waals surface area (Å²) in [5.41, 5.74) is 4.69. The summed E-state index contributed by atoms with van der Waals surface area (Å²) in [6, 6.07) is 5.19. The molecule has 2 aliphatic heterocycles. The number of nitrogens with one attached hydrogen (secondary N) is 1. The van der Waals surface area contributed by atoms with Gasteiger partial charge in [0.15, 0.2) is 11.5 Å². The molecule has 0 bridgehead atoms. The van der Waals surface area contributed by atoms with E-state index in [1.807, 2.05) is 6.07 Å². The fourth-order valence-corrected chi connectivity index (χ4v) is 4.49. The van der Waals surface area contributed by atoms with Crippen molar-refractivity contribution in [1.82, 2.24) is 14.8 Å². The number of aromatic nitrogens is 1. The van der Waals surface area contributed by atoms with Crippen LogP contribution in [0.15, 0.2) is 12.1 Å². The Labute approximate surface area is 167 Å². The first-order chi connectivity index (χ1) is 13.5. The van der Waals surface area contributed by atoms with Crippen molar-refractivity contribution in [1.29, 1.82) is 0 Å². The highest BCUT2D eigenvalue weighted by Gasteiger charge is 2.27. The third-order valence-electron chi connectivity index (χ3n) is 6.13. The number of hydrogen-bond acceptors (Lipinski definition) is 6. The molecule has 0 unspecified atom stereocenters. The largest absolute Gasteiger partial charge is 0.493 e. The monoisotopic (exact) mass is 384 g/mol. The Kier molecular flexibility index (Phi) is 5.34. The molecule has 0 saturated carbocycles. The van der Waals surface area contributed by atoms with Crippen molar-refractivity contribution in [3.05, 3.63) is 23.4 Å². The van der Waals surface area contributed by atoms with Crippen LogP contribution >= 0.6 is 0 Å². The Morgan fingerprint density at radius 1 is 1.07 bits per heavy atom. The van der Waals surface area contributed by atoms with E-state index in [2.05, 4.69) is 42.1 Å². The molecule has 1 N–H and O–H groups in total. The van der Waals surface area contributed by atoms with Gasteiger partial charge in [-0.3, -0.25) is 9.88 Å². The third kappa shape index (κ3) is 3.51. The van der Waals surface area contributed by atoms with Crippen LogP contribution in [0.3, 0.4) is 0 Å². The Bertz CT molecular complexity index is 859. The molecule has 6 nitrogen and oxygen atoms in total. The van der Waals surface area contributed by atoms with Crippen LogP contribution < -0.4 is 14.8 Å². The second-order valence-corrected chi connectivity index (χ2v) is 8.36. The zero-order chi connectivity index (χ0) is 19.8. The maximum absolute atomic E-state index is 5.57. The highest BCUT2D eigenvalue weighted by molar-refractivity contribution is 5.96. The summed E-state index contributed by atoms with van der Waals surface area (Å²) in [6.45, 7) is 8.69. The molecule has 28 heavy (non-hydrogen) atoms. The summed E-state index contributed by atoms with van der Waals surface area (Å²) < 4.78 is 11.1. The molecule has 3 heterocycles. The van der Waals surface area contributed by atoms with E-state index < -0.39 is 0 Å². The van der Waals surface area contributed by atoms with Crippen LogP contribution in [0.1, 0.15) is 37.9 Å². The number of nitrogens with zero attached hydrogens (tertiary/aromatic N) is 3. The summed E-state index contributed by atoms with van der Waals surface area (Å²) in [5.74, 6) is 1.48. The fourth-order valence-electron chi connectivity index (χ4n) is 4.49. The first-order valence-corrected chi connectivity index (χ1v) is 10.3. The van der Waals surface area contributed by atoms with Crippen LogP contribution in [-0.4, -0.2) is 61.2 Å². The Morgan fingerprint density at radius 2 is 1.75 bits per heavy atom. The number of rotatable bonds is 5. The molecule has 6 heteroatoms. The van der Waals surface area contributed by atoms with Gasteiger partial charge in [-0.05, 0) is 39.8 Å². The van der Waals surface area contributed by atoms with Crippen molar-refractivity contribution < 1.29 is 9.47 Å². The Hall–Kier alpha value is -2.05. The van der Waals surface area contributed by atoms with Crippen molar-refractivity contribution in [3.8, 4) is 11.5 Å². The van der Waals surface area contributed by atoms with Gasteiger partial charge < -0.3 is 19.7 Å². The zero-order valence-electron chi connectivity index (χ0n) is 17.7. The number of fused-ring (bicyclic) bond motifs is 2.